The van der Waals surface area contributed by atoms with E-state index in [-0.39, 0.29) is 17.8 Å². The van der Waals surface area contributed by atoms with Gasteiger partial charge in [0.25, 0.3) is 5.56 Å². The average Bonchev–Trinajstić information content (AvgIpc) is 3.25. The molecule has 1 aliphatic heterocycles. The van der Waals surface area contributed by atoms with Crippen LogP contribution in [-0.2, 0) is 20.0 Å². The molecule has 8 nitrogen and oxygen atoms in total. The molecule has 1 fully saturated rings. The third-order valence-electron chi connectivity index (χ3n) is 6.08. The van der Waals surface area contributed by atoms with Crippen LogP contribution in [0.3, 0.4) is 0 Å². The van der Waals surface area contributed by atoms with E-state index in [1.165, 1.54) is 9.13 Å². The zero-order valence-corrected chi connectivity index (χ0v) is 19.1. The van der Waals surface area contributed by atoms with Gasteiger partial charge in [0.1, 0.15) is 0 Å². The molecule has 3 heterocycles. The van der Waals surface area contributed by atoms with Gasteiger partial charge in [-0.2, -0.15) is 4.98 Å². The highest BCUT2D eigenvalue weighted by Gasteiger charge is 2.26. The number of anilines is 1. The number of aryl methyl sites for hydroxylation is 2. The van der Waals surface area contributed by atoms with E-state index in [4.69, 9.17) is 16.6 Å². The van der Waals surface area contributed by atoms with Crippen LogP contribution in [-0.4, -0.2) is 44.9 Å². The van der Waals surface area contributed by atoms with E-state index in [0.29, 0.717) is 34.2 Å². The Labute approximate surface area is 195 Å². The average molecular weight is 465 g/mol. The molecule has 170 valence electrons. The quantitative estimate of drug-likeness (QED) is 0.490. The van der Waals surface area contributed by atoms with Gasteiger partial charge in [0, 0.05) is 39.8 Å². The molecule has 1 aliphatic rings. The van der Waals surface area contributed by atoms with Crippen molar-refractivity contribution in [3.05, 3.63) is 86.0 Å². The summed E-state index contributed by atoms with van der Waals surface area (Å²) < 4.78 is 4.57. The third-order valence-corrected chi connectivity index (χ3v) is 6.40. The van der Waals surface area contributed by atoms with Crippen molar-refractivity contribution in [3.8, 4) is 5.69 Å². The molecule has 0 unspecified atom stereocenters. The summed E-state index contributed by atoms with van der Waals surface area (Å²) in [5, 5.41) is 3.85. The van der Waals surface area contributed by atoms with E-state index in [1.54, 1.807) is 13.1 Å². The van der Waals surface area contributed by atoms with Crippen molar-refractivity contribution >= 4 is 28.7 Å². The first-order valence-corrected chi connectivity index (χ1v) is 11.4. The molecule has 0 atom stereocenters. The summed E-state index contributed by atoms with van der Waals surface area (Å²) in [5.74, 6) is 0.618. The Morgan fingerprint density at radius 2 is 1.70 bits per heavy atom. The molecule has 0 aliphatic carbocycles. The Morgan fingerprint density at radius 3 is 2.42 bits per heavy atom. The summed E-state index contributed by atoms with van der Waals surface area (Å²) in [4.78, 5) is 33.8. The van der Waals surface area contributed by atoms with Gasteiger partial charge in [-0.15, -0.1) is 0 Å². The molecular formula is C24H25ClN6O2. The fourth-order valence-electron chi connectivity index (χ4n) is 4.33. The van der Waals surface area contributed by atoms with Crippen LogP contribution < -0.4 is 21.5 Å². The molecule has 1 N–H and O–H groups in total. The van der Waals surface area contributed by atoms with Crippen LogP contribution in [0.4, 0.5) is 5.95 Å². The Morgan fingerprint density at radius 1 is 1.00 bits per heavy atom. The summed E-state index contributed by atoms with van der Waals surface area (Å²) in [6.45, 7) is 3.38. The lowest BCUT2D eigenvalue weighted by atomic mass is 10.1. The van der Waals surface area contributed by atoms with Crippen molar-refractivity contribution in [1.29, 1.82) is 0 Å². The number of aromatic nitrogens is 4. The van der Waals surface area contributed by atoms with Crippen LogP contribution in [0.5, 0.6) is 0 Å². The molecule has 0 amide bonds. The first-order valence-electron chi connectivity index (χ1n) is 11.0. The Hall–Kier alpha value is -3.36. The van der Waals surface area contributed by atoms with Crippen molar-refractivity contribution in [2.24, 2.45) is 7.05 Å². The molecule has 0 bridgehead atoms. The monoisotopic (exact) mass is 464 g/mol. The topological polar surface area (TPSA) is 77.1 Å². The van der Waals surface area contributed by atoms with Gasteiger partial charge in [0.15, 0.2) is 11.2 Å². The van der Waals surface area contributed by atoms with Crippen molar-refractivity contribution in [3.63, 3.8) is 0 Å². The molecule has 4 aromatic rings. The van der Waals surface area contributed by atoms with E-state index >= 15 is 0 Å². The maximum Gasteiger partial charge on any atom is 0.332 e. The standard InChI is InChI=1S/C24H25ClN6O2/c1-28-21-20(22(32)30(24(28)33)14-11-17-7-3-2-4-8-17)31(19-10-6-5-9-18(19)25)23(27-21)29-15-12-26-13-16-29/h2-10,26H,11-16H2,1H3. The van der Waals surface area contributed by atoms with E-state index in [2.05, 4.69) is 10.2 Å². The Bertz CT molecular complexity index is 1420. The smallest absolute Gasteiger partial charge is 0.332 e. The van der Waals surface area contributed by atoms with Gasteiger partial charge in [0.05, 0.1) is 10.7 Å². The lowest BCUT2D eigenvalue weighted by Gasteiger charge is -2.28. The predicted octanol–water partition coefficient (Wildman–Crippen LogP) is 2.19. The van der Waals surface area contributed by atoms with Gasteiger partial charge in [-0.1, -0.05) is 54.1 Å². The zero-order valence-electron chi connectivity index (χ0n) is 18.4. The van der Waals surface area contributed by atoms with Crippen molar-refractivity contribution < 1.29 is 0 Å². The van der Waals surface area contributed by atoms with E-state index < -0.39 is 0 Å². The molecule has 33 heavy (non-hydrogen) atoms. The molecule has 2 aromatic heterocycles. The number of hydrogen-bond donors (Lipinski definition) is 1. The first-order chi connectivity index (χ1) is 16.1. The van der Waals surface area contributed by atoms with Crippen LogP contribution in [0.1, 0.15) is 5.56 Å². The molecule has 0 saturated carbocycles. The van der Waals surface area contributed by atoms with Gasteiger partial charge < -0.3 is 10.2 Å². The number of hydrogen-bond acceptors (Lipinski definition) is 5. The Balaban J connectivity index is 1.74. The summed E-state index contributed by atoms with van der Waals surface area (Å²) in [7, 11) is 1.66. The van der Waals surface area contributed by atoms with E-state index in [0.717, 1.165) is 31.7 Å². The molecular weight excluding hydrogens is 440 g/mol. The summed E-state index contributed by atoms with van der Waals surface area (Å²) in [6.07, 6.45) is 0.576. The number of nitrogens with zero attached hydrogens (tertiary/aromatic N) is 5. The second-order valence-corrected chi connectivity index (χ2v) is 8.55. The Kier molecular flexibility index (Phi) is 5.78. The van der Waals surface area contributed by atoms with E-state index in [9.17, 15) is 9.59 Å². The molecule has 1 saturated heterocycles. The van der Waals surface area contributed by atoms with Gasteiger partial charge in [0.2, 0.25) is 5.95 Å². The maximum absolute atomic E-state index is 13.7. The van der Waals surface area contributed by atoms with Crippen molar-refractivity contribution in [2.75, 3.05) is 31.1 Å². The van der Waals surface area contributed by atoms with Gasteiger partial charge in [-0.25, -0.2) is 4.79 Å². The predicted molar refractivity (Wildman–Crippen MR) is 131 cm³/mol. The fourth-order valence-corrected chi connectivity index (χ4v) is 4.55. The number of piperazine rings is 1. The normalized spacial score (nSPS) is 14.2. The second-order valence-electron chi connectivity index (χ2n) is 8.14. The highest BCUT2D eigenvalue weighted by molar-refractivity contribution is 6.32. The lowest BCUT2D eigenvalue weighted by molar-refractivity contribution is 0.578. The zero-order chi connectivity index (χ0) is 22.9. The molecule has 5 rings (SSSR count). The third kappa shape index (κ3) is 3.85. The number of imidazole rings is 1. The molecule has 0 radical (unpaired) electrons. The largest absolute Gasteiger partial charge is 0.339 e. The van der Waals surface area contributed by atoms with Crippen LogP contribution in [0, 0.1) is 0 Å². The summed E-state index contributed by atoms with van der Waals surface area (Å²) in [6, 6.07) is 17.2. The minimum atomic E-state index is -0.376. The van der Waals surface area contributed by atoms with Crippen LogP contribution in [0.2, 0.25) is 5.02 Å². The first kappa shape index (κ1) is 21.5. The lowest BCUT2D eigenvalue weighted by Crippen LogP contribution is -2.44. The molecule has 2 aromatic carbocycles. The number of halogens is 1. The number of rotatable bonds is 5. The van der Waals surface area contributed by atoms with Gasteiger partial charge in [-0.3, -0.25) is 18.5 Å². The molecule has 0 spiro atoms. The molecule has 9 heteroatoms. The number of fused-ring (bicyclic) bond motifs is 1. The number of benzene rings is 2. The number of nitrogens with one attached hydrogen (secondary N) is 1. The van der Waals surface area contributed by atoms with Crippen LogP contribution in [0.25, 0.3) is 16.9 Å². The highest BCUT2D eigenvalue weighted by Crippen LogP contribution is 2.29. The minimum absolute atomic E-state index is 0.280. The summed E-state index contributed by atoms with van der Waals surface area (Å²) >= 11 is 6.57. The fraction of sp³-hybridized carbons (Fsp3) is 0.292. The van der Waals surface area contributed by atoms with Gasteiger partial charge >= 0.3 is 5.69 Å². The van der Waals surface area contributed by atoms with Crippen molar-refractivity contribution in [1.82, 2.24) is 24.0 Å². The van der Waals surface area contributed by atoms with Crippen LogP contribution >= 0.6 is 11.6 Å². The van der Waals surface area contributed by atoms with Crippen molar-refractivity contribution in [2.45, 2.75) is 13.0 Å². The summed E-state index contributed by atoms with van der Waals surface area (Å²) in [5.41, 5.74) is 1.70. The highest BCUT2D eigenvalue weighted by atomic mass is 35.5. The maximum atomic E-state index is 13.7. The minimum Gasteiger partial charge on any atom is -0.339 e. The van der Waals surface area contributed by atoms with E-state index in [1.807, 2.05) is 53.1 Å². The van der Waals surface area contributed by atoms with Crippen LogP contribution in [0.15, 0.2) is 64.2 Å². The van der Waals surface area contributed by atoms with Gasteiger partial charge in [-0.05, 0) is 24.1 Å². The second kappa shape index (κ2) is 8.88. The SMILES string of the molecule is Cn1c(=O)n(CCc2ccccc2)c(=O)c2c1nc(N1CCNCC1)n2-c1ccccc1Cl. The number of para-hydroxylation sites is 1.